The van der Waals surface area contributed by atoms with E-state index in [1.165, 1.54) is 11.1 Å². The highest BCUT2D eigenvalue weighted by Gasteiger charge is 2.35. The van der Waals surface area contributed by atoms with Crippen LogP contribution in [0.5, 0.6) is 5.75 Å². The van der Waals surface area contributed by atoms with Crippen molar-refractivity contribution in [2.24, 2.45) is 0 Å². The van der Waals surface area contributed by atoms with Crippen LogP contribution in [0.3, 0.4) is 0 Å². The summed E-state index contributed by atoms with van der Waals surface area (Å²) in [6.45, 7) is 1.26. The molecule has 1 aromatic heterocycles. The normalized spacial score (nSPS) is 16.7. The Hall–Kier alpha value is -2.25. The molecule has 5 nitrogen and oxygen atoms in total. The van der Waals surface area contributed by atoms with E-state index < -0.39 is 0 Å². The number of carbonyl (C=O) groups is 1. The van der Waals surface area contributed by atoms with Gasteiger partial charge >= 0.3 is 0 Å². The van der Waals surface area contributed by atoms with Gasteiger partial charge in [-0.05, 0) is 48.6 Å². The van der Waals surface area contributed by atoms with Crippen molar-refractivity contribution in [1.29, 1.82) is 0 Å². The molecule has 0 bridgehead atoms. The van der Waals surface area contributed by atoms with Crippen LogP contribution in [0.15, 0.2) is 79.1 Å². The van der Waals surface area contributed by atoms with E-state index in [1.54, 1.807) is 0 Å². The van der Waals surface area contributed by atoms with E-state index >= 15 is 0 Å². The van der Waals surface area contributed by atoms with Crippen molar-refractivity contribution in [3.8, 4) is 5.75 Å². The van der Waals surface area contributed by atoms with Crippen LogP contribution >= 0.6 is 11.8 Å². The Kier molecular flexibility index (Phi) is 12.3. The molecule has 4 N–H and O–H groups in total. The number of hydrogen-bond donors (Lipinski definition) is 2. The molecule has 4 rings (SSSR count). The number of nitrogens with two attached hydrogens (primary N) is 1. The average Bonchev–Trinajstić information content (AvgIpc) is 3.35. The Morgan fingerprint density at radius 3 is 2.53 bits per heavy atom. The number of aromatic nitrogens is 1. The lowest BCUT2D eigenvalue weighted by molar-refractivity contribution is -0.684. The van der Waals surface area contributed by atoms with Crippen molar-refractivity contribution in [3.05, 3.63) is 95.8 Å². The van der Waals surface area contributed by atoms with Crippen LogP contribution in [-0.4, -0.2) is 24.3 Å². The molecule has 1 saturated heterocycles. The number of benzene rings is 2. The highest BCUT2D eigenvalue weighted by Crippen LogP contribution is 2.25. The molecule has 34 heavy (non-hydrogen) atoms. The van der Waals surface area contributed by atoms with Crippen LogP contribution in [0.25, 0.3) is 0 Å². The van der Waals surface area contributed by atoms with E-state index in [4.69, 9.17) is 4.74 Å². The molecule has 1 aliphatic heterocycles. The van der Waals surface area contributed by atoms with Gasteiger partial charge in [0, 0.05) is 12.6 Å². The molecule has 3 aromatic rings. The van der Waals surface area contributed by atoms with Crippen LogP contribution < -0.4 is 45.2 Å². The summed E-state index contributed by atoms with van der Waals surface area (Å²) < 4.78 is 5.86. The minimum absolute atomic E-state index is 0. The van der Waals surface area contributed by atoms with Gasteiger partial charge in [-0.25, -0.2) is 4.98 Å². The zero-order chi connectivity index (χ0) is 22.0. The van der Waals surface area contributed by atoms with Crippen LogP contribution in [0.4, 0.5) is 0 Å². The molecule has 1 fully saturated rings. The van der Waals surface area contributed by atoms with E-state index in [1.807, 2.05) is 60.6 Å². The van der Waals surface area contributed by atoms with Gasteiger partial charge in [-0.15, -0.1) is 0 Å². The largest absolute Gasteiger partial charge is 1.00 e. The number of rotatable bonds is 10. The van der Waals surface area contributed by atoms with Gasteiger partial charge < -0.3 is 40.2 Å². The standard InChI is InChI=1S/C26H29N3O2S.2ClH/c30-25(24-19-32-26(29-24)22-10-6-15-27-18-22)28-17-21-11-13-23(14-12-21)31-16-5-4-9-20-7-2-1-3-8-20;;/h1-3,6-8,10-15,18,24,26,29H,4-5,9,16-17,19H2,(H,28,30);2*1H/t24-,26?;;/m0../s1. The number of halogens is 2. The number of ether oxygens (including phenoxy) is 1. The summed E-state index contributed by atoms with van der Waals surface area (Å²) in [6.07, 6.45) is 7.14. The summed E-state index contributed by atoms with van der Waals surface area (Å²) in [5, 5.41) is 5.50. The lowest BCUT2D eigenvalue weighted by Crippen LogP contribution is -3.00. The predicted octanol–water partition coefficient (Wildman–Crippen LogP) is -3.10. The van der Waals surface area contributed by atoms with E-state index in [2.05, 4.69) is 45.9 Å². The van der Waals surface area contributed by atoms with Gasteiger partial charge in [0.05, 0.1) is 17.9 Å². The van der Waals surface area contributed by atoms with Gasteiger partial charge in [-0.2, -0.15) is 0 Å². The summed E-state index contributed by atoms with van der Waals surface area (Å²) in [4.78, 5) is 15.7. The minimum atomic E-state index is -0.0521. The van der Waals surface area contributed by atoms with Gasteiger partial charge in [0.2, 0.25) is 0 Å². The number of nitrogens with one attached hydrogen (secondary N) is 2. The second-order valence-corrected chi connectivity index (χ2v) is 9.22. The quantitative estimate of drug-likeness (QED) is 0.279. The van der Waals surface area contributed by atoms with Crippen LogP contribution in [0.2, 0.25) is 0 Å². The third-order valence-electron chi connectivity index (χ3n) is 5.62. The second-order valence-electron chi connectivity index (χ2n) is 8.04. The third-order valence-corrected chi connectivity index (χ3v) is 6.96. The highest BCUT2D eigenvalue weighted by atomic mass is 35.5. The lowest BCUT2D eigenvalue weighted by atomic mass is 10.1. The number of thioether (sulfide) groups is 1. The summed E-state index contributed by atoms with van der Waals surface area (Å²) in [7, 11) is 0. The van der Waals surface area contributed by atoms with Crippen LogP contribution in [0.1, 0.15) is 34.9 Å². The second kappa shape index (κ2) is 14.9. The number of aryl methyl sites for hydroxylation is 1. The first-order chi connectivity index (χ1) is 15.8. The summed E-state index contributed by atoms with van der Waals surface area (Å²) in [6, 6.07) is 22.6. The summed E-state index contributed by atoms with van der Waals surface area (Å²) in [5.74, 6) is 1.80. The Morgan fingerprint density at radius 1 is 1.00 bits per heavy atom. The van der Waals surface area contributed by atoms with Gasteiger partial charge in [0.15, 0.2) is 23.8 Å². The zero-order valence-electron chi connectivity index (χ0n) is 19.0. The number of unbranched alkanes of at least 4 members (excludes halogenated alkanes) is 1. The first-order valence-electron chi connectivity index (χ1n) is 11.2. The first-order valence-corrected chi connectivity index (χ1v) is 12.3. The molecular weight excluding hydrogens is 489 g/mol. The number of amides is 1. The maximum atomic E-state index is 12.6. The number of H-pyrrole nitrogens is 1. The van der Waals surface area contributed by atoms with Crippen LogP contribution in [-0.2, 0) is 17.8 Å². The van der Waals surface area contributed by atoms with Crippen molar-refractivity contribution in [2.45, 2.75) is 37.2 Å². The SMILES string of the molecule is O=C(NCc1ccc(OCCCCc2ccccc2)cc1)[C@@H]1CSC(c2ccc[nH+]c2)[NH2+]1.[Cl-].[Cl-]. The monoisotopic (exact) mass is 519 g/mol. The maximum Gasteiger partial charge on any atom is 0.279 e. The van der Waals surface area contributed by atoms with E-state index in [-0.39, 0.29) is 42.1 Å². The van der Waals surface area contributed by atoms with Gasteiger partial charge in [-0.1, -0.05) is 54.2 Å². The fourth-order valence-corrected chi connectivity index (χ4v) is 5.09. The molecule has 182 valence electrons. The molecule has 8 heteroatoms. The average molecular weight is 521 g/mol. The molecule has 1 aliphatic rings. The number of pyridine rings is 1. The van der Waals surface area contributed by atoms with Gasteiger partial charge in [0.25, 0.3) is 5.91 Å². The predicted molar refractivity (Wildman–Crippen MR) is 127 cm³/mol. The van der Waals surface area contributed by atoms with Crippen molar-refractivity contribution >= 4 is 17.7 Å². The summed E-state index contributed by atoms with van der Waals surface area (Å²) in [5.41, 5.74) is 3.67. The zero-order valence-corrected chi connectivity index (χ0v) is 21.3. The Labute approximate surface area is 218 Å². The van der Waals surface area contributed by atoms with E-state index in [0.717, 1.165) is 42.9 Å². The molecule has 1 amide bonds. The van der Waals surface area contributed by atoms with E-state index in [9.17, 15) is 4.79 Å². The van der Waals surface area contributed by atoms with Crippen molar-refractivity contribution in [1.82, 2.24) is 5.32 Å². The molecular formula is C26H31Cl2N3O2S. The minimum Gasteiger partial charge on any atom is -1.00 e. The van der Waals surface area contributed by atoms with Gasteiger partial charge in [0.1, 0.15) is 5.75 Å². The molecule has 0 aliphatic carbocycles. The molecule has 0 spiro atoms. The number of hydrogen-bond acceptors (Lipinski definition) is 3. The molecule has 2 atom stereocenters. The molecule has 0 radical (unpaired) electrons. The van der Waals surface area contributed by atoms with Crippen molar-refractivity contribution in [2.75, 3.05) is 12.4 Å². The molecule has 1 unspecified atom stereocenters. The summed E-state index contributed by atoms with van der Waals surface area (Å²) >= 11 is 1.81. The van der Waals surface area contributed by atoms with Gasteiger partial charge in [-0.3, -0.25) is 4.79 Å². The number of carbonyl (C=O) groups excluding carboxylic acids is 1. The molecule has 0 saturated carbocycles. The Balaban J connectivity index is 0.00000204. The smallest absolute Gasteiger partial charge is 0.279 e. The van der Waals surface area contributed by atoms with Crippen molar-refractivity contribution < 1.29 is 44.6 Å². The maximum absolute atomic E-state index is 12.6. The van der Waals surface area contributed by atoms with Crippen molar-refractivity contribution in [3.63, 3.8) is 0 Å². The third kappa shape index (κ3) is 8.51. The fourth-order valence-electron chi connectivity index (χ4n) is 3.77. The highest BCUT2D eigenvalue weighted by molar-refractivity contribution is 7.99. The van der Waals surface area contributed by atoms with E-state index in [0.29, 0.717) is 6.54 Å². The Bertz CT molecular complexity index is 978. The Morgan fingerprint density at radius 2 is 1.79 bits per heavy atom. The lowest BCUT2D eigenvalue weighted by Gasteiger charge is -2.11. The number of quaternary nitrogens is 1. The molecule has 2 aromatic carbocycles. The molecule has 2 heterocycles. The number of aromatic amines is 1. The first kappa shape index (κ1) is 28.0. The van der Waals surface area contributed by atoms with Crippen LogP contribution in [0, 0.1) is 0 Å². The topological polar surface area (TPSA) is 69.1 Å². The fraction of sp³-hybridized carbons (Fsp3) is 0.308.